The van der Waals surface area contributed by atoms with Crippen LogP contribution in [0.25, 0.3) is 53.6 Å². The minimum atomic E-state index is -3.79. The van der Waals surface area contributed by atoms with Gasteiger partial charge >= 0.3 is 0 Å². The first-order valence-corrected chi connectivity index (χ1v) is 21.8. The third-order valence-corrected chi connectivity index (χ3v) is 11.7. The van der Waals surface area contributed by atoms with Crippen LogP contribution in [0.3, 0.4) is 0 Å². The Bertz CT molecular complexity index is 2680. The molecule has 6 aromatic rings. The molecule has 2 aromatic heterocycles. The van der Waals surface area contributed by atoms with E-state index in [2.05, 4.69) is 35.3 Å². The second kappa shape index (κ2) is 17.1. The molecule has 5 N–H and O–H groups in total. The highest BCUT2D eigenvalue weighted by Gasteiger charge is 2.28. The maximum atomic E-state index is 11.5. The van der Waals surface area contributed by atoms with Gasteiger partial charge in [-0.25, -0.2) is 24.8 Å². The second-order valence-corrected chi connectivity index (χ2v) is 17.2. The van der Waals surface area contributed by atoms with Crippen LogP contribution in [-0.4, -0.2) is 39.3 Å². The highest BCUT2D eigenvalue weighted by molar-refractivity contribution is 7.87. The molecule has 8 rings (SSSR count). The second-order valence-electron chi connectivity index (χ2n) is 14.4. The molecule has 0 saturated carbocycles. The summed E-state index contributed by atoms with van der Waals surface area (Å²) in [6, 6.07) is 22.6. The number of ether oxygens (including phenoxy) is 2. The Morgan fingerprint density at radius 2 is 1.22 bits per heavy atom. The quantitative estimate of drug-likeness (QED) is 0.114. The van der Waals surface area contributed by atoms with Crippen LogP contribution in [0.1, 0.15) is 74.9 Å². The normalized spacial score (nSPS) is 15.6. The van der Waals surface area contributed by atoms with E-state index in [1.54, 1.807) is 18.2 Å². The lowest BCUT2D eigenvalue weighted by molar-refractivity contribution is 0.244. The van der Waals surface area contributed by atoms with E-state index in [1.165, 1.54) is 34.2 Å². The van der Waals surface area contributed by atoms with Crippen molar-refractivity contribution in [3.8, 4) is 55.4 Å². The predicted octanol–water partition coefficient (Wildman–Crippen LogP) is 9.15. The van der Waals surface area contributed by atoms with Crippen LogP contribution in [0.4, 0.5) is 11.4 Å². The fourth-order valence-electron chi connectivity index (χ4n) is 7.16. The van der Waals surface area contributed by atoms with E-state index in [9.17, 15) is 8.42 Å². The summed E-state index contributed by atoms with van der Waals surface area (Å²) in [7, 11) is -3.79. The van der Waals surface area contributed by atoms with Gasteiger partial charge in [0.05, 0.1) is 25.4 Å². The standard InChI is InChI=1S/C21H21N5O3S2.C21H20N4OS/c1-12(2)29-19-10-7-13(11-18(19)23-3)20-24-21(30-25-20)16-6-4-5-15-14(16)8-9-17(15)26-31(22,27)28;1-12(2)26-19-10-7-13(11-18(19)23-3)20-24-21(27-25-20)16-6-4-5-15-14(16)8-9-17(15)22/h4-7,10-12,17,26H,8-9H2,1-2H3,(H2,22,27,28);4-7,10-12,17H,8-9,22H2,1-2H3/t2*17-/m00/s1. The molecule has 4 aromatic carbocycles. The summed E-state index contributed by atoms with van der Waals surface area (Å²) in [5.74, 6) is 2.30. The molecule has 2 aliphatic carbocycles. The van der Waals surface area contributed by atoms with Crippen molar-refractivity contribution in [3.05, 3.63) is 118 Å². The molecule has 58 heavy (non-hydrogen) atoms. The average Bonchev–Trinajstić information content (AvgIpc) is 4.02. The molecule has 0 fully saturated rings. The van der Waals surface area contributed by atoms with Gasteiger partial charge in [-0.2, -0.15) is 21.9 Å². The molecule has 2 heterocycles. The number of hydrogen-bond acceptors (Lipinski definition) is 11. The van der Waals surface area contributed by atoms with Crippen molar-refractivity contribution >= 4 is 44.6 Å². The lowest BCUT2D eigenvalue weighted by Crippen LogP contribution is -2.33. The highest BCUT2D eigenvalue weighted by atomic mass is 32.2. The third-order valence-electron chi connectivity index (χ3n) is 9.61. The lowest BCUT2D eigenvalue weighted by Gasteiger charge is -2.12. The van der Waals surface area contributed by atoms with Crippen LogP contribution in [0.5, 0.6) is 11.5 Å². The van der Waals surface area contributed by atoms with Crippen LogP contribution in [0.15, 0.2) is 72.8 Å². The minimum absolute atomic E-state index is 0.0203. The number of nitrogens with two attached hydrogens (primary N) is 2. The van der Waals surface area contributed by atoms with E-state index in [-0.39, 0.29) is 24.3 Å². The Labute approximate surface area is 346 Å². The molecule has 16 heteroatoms. The number of benzene rings is 4. The summed E-state index contributed by atoms with van der Waals surface area (Å²) < 4.78 is 45.8. The Balaban J connectivity index is 0.000000178. The van der Waals surface area contributed by atoms with Crippen molar-refractivity contribution in [2.75, 3.05) is 0 Å². The first-order chi connectivity index (χ1) is 27.8. The van der Waals surface area contributed by atoms with E-state index in [0.717, 1.165) is 62.7 Å². The number of rotatable bonds is 10. The number of fused-ring (bicyclic) bond motifs is 2. The Morgan fingerprint density at radius 3 is 1.71 bits per heavy atom. The van der Waals surface area contributed by atoms with Crippen LogP contribution in [0.2, 0.25) is 0 Å². The summed E-state index contributed by atoms with van der Waals surface area (Å²) in [6.07, 6.45) is 3.31. The largest absolute Gasteiger partial charge is 0.502 e. The van der Waals surface area contributed by atoms with Gasteiger partial charge in [0.25, 0.3) is 10.2 Å². The molecule has 0 saturated heterocycles. The SMILES string of the molecule is [C-]#[N+]c1cc(-c2nsc(-c3cccc4c3CC[C@@H]4N)n2)ccc1OC(C)C.[C-]#[N+]c1cc(-c2nsc(-c3cccc4c3CC[C@@H]4NS(N)(=O)=O)n2)ccc1OC(C)C. The smallest absolute Gasteiger partial charge is 0.274 e. The molecule has 0 aliphatic heterocycles. The Hall–Kier alpha value is -5.59. The summed E-state index contributed by atoms with van der Waals surface area (Å²) >= 11 is 2.66. The molecule has 0 bridgehead atoms. The first kappa shape index (κ1) is 40.6. The van der Waals surface area contributed by atoms with Crippen LogP contribution < -0.4 is 25.1 Å². The van der Waals surface area contributed by atoms with Gasteiger partial charge < -0.3 is 15.2 Å². The van der Waals surface area contributed by atoms with Gasteiger partial charge in [0.1, 0.15) is 21.5 Å². The molecule has 296 valence electrons. The Kier molecular flexibility index (Phi) is 12.0. The van der Waals surface area contributed by atoms with Gasteiger partial charge in [0, 0.05) is 34.3 Å². The van der Waals surface area contributed by atoms with Crippen molar-refractivity contribution < 1.29 is 17.9 Å². The molecular formula is C42H41N9O4S3. The van der Waals surface area contributed by atoms with Crippen LogP contribution in [-0.2, 0) is 23.1 Å². The van der Waals surface area contributed by atoms with E-state index in [0.29, 0.717) is 40.9 Å². The van der Waals surface area contributed by atoms with Gasteiger partial charge in [0.2, 0.25) is 11.4 Å². The van der Waals surface area contributed by atoms with Gasteiger partial charge in [-0.3, -0.25) is 0 Å². The maximum absolute atomic E-state index is 11.5. The fraction of sp³-hybridized carbons (Fsp3) is 0.286. The lowest BCUT2D eigenvalue weighted by atomic mass is 10.0. The maximum Gasteiger partial charge on any atom is 0.274 e. The topological polar surface area (TPSA) is 177 Å². The molecule has 2 aliphatic rings. The van der Waals surface area contributed by atoms with Crippen LogP contribution in [0, 0.1) is 13.1 Å². The van der Waals surface area contributed by atoms with Crippen LogP contribution >= 0.6 is 23.1 Å². The number of aromatic nitrogens is 4. The van der Waals surface area contributed by atoms with Crippen molar-refractivity contribution in [3.63, 3.8) is 0 Å². The zero-order valence-electron chi connectivity index (χ0n) is 32.3. The van der Waals surface area contributed by atoms with Gasteiger partial charge in [-0.05, 0) is 123 Å². The van der Waals surface area contributed by atoms with Gasteiger partial charge in [-0.1, -0.05) is 48.5 Å². The van der Waals surface area contributed by atoms with Crippen molar-refractivity contribution in [1.29, 1.82) is 0 Å². The van der Waals surface area contributed by atoms with E-state index < -0.39 is 10.2 Å². The van der Waals surface area contributed by atoms with E-state index in [1.807, 2.05) is 70.2 Å². The summed E-state index contributed by atoms with van der Waals surface area (Å²) in [5.41, 5.74) is 15.2. The number of nitrogens with one attached hydrogen (secondary N) is 1. The number of hydrogen-bond donors (Lipinski definition) is 3. The zero-order chi connectivity index (χ0) is 41.1. The first-order valence-electron chi connectivity index (χ1n) is 18.7. The molecule has 2 atom stereocenters. The highest BCUT2D eigenvalue weighted by Crippen LogP contribution is 2.41. The average molecular weight is 832 g/mol. The molecular weight excluding hydrogens is 791 g/mol. The minimum Gasteiger partial charge on any atom is -0.502 e. The van der Waals surface area contributed by atoms with E-state index in [4.69, 9.17) is 43.5 Å². The Morgan fingerprint density at radius 1 is 0.741 bits per heavy atom. The summed E-state index contributed by atoms with van der Waals surface area (Å²) in [6.45, 7) is 22.6. The molecule has 0 spiro atoms. The van der Waals surface area contributed by atoms with Gasteiger partial charge in [-0.15, -0.1) is 0 Å². The predicted molar refractivity (Wildman–Crippen MR) is 228 cm³/mol. The van der Waals surface area contributed by atoms with Gasteiger partial charge in [0.15, 0.2) is 11.6 Å². The molecule has 0 unspecified atom stereocenters. The van der Waals surface area contributed by atoms with E-state index >= 15 is 0 Å². The molecule has 0 amide bonds. The summed E-state index contributed by atoms with van der Waals surface area (Å²) in [4.78, 5) is 16.6. The summed E-state index contributed by atoms with van der Waals surface area (Å²) in [5, 5.41) is 6.80. The third kappa shape index (κ3) is 8.93. The molecule has 0 radical (unpaired) electrons. The monoisotopic (exact) mass is 831 g/mol. The number of nitrogens with zero attached hydrogens (tertiary/aromatic N) is 6. The molecule has 13 nitrogen and oxygen atoms in total. The zero-order valence-corrected chi connectivity index (χ0v) is 34.7. The van der Waals surface area contributed by atoms with Crippen molar-refractivity contribution in [2.45, 2.75) is 77.7 Å². The van der Waals surface area contributed by atoms with Crippen molar-refractivity contribution in [1.82, 2.24) is 23.4 Å². The van der Waals surface area contributed by atoms with Crippen molar-refractivity contribution in [2.24, 2.45) is 10.9 Å². The fourth-order valence-corrected chi connectivity index (χ4v) is 9.27.